The quantitative estimate of drug-likeness (QED) is 0.204. The van der Waals surface area contributed by atoms with E-state index in [4.69, 9.17) is 9.40 Å². The van der Waals surface area contributed by atoms with Crippen LogP contribution in [0.4, 0.5) is 0 Å². The first-order valence-electron chi connectivity index (χ1n) is 15.9. The summed E-state index contributed by atoms with van der Waals surface area (Å²) in [6.45, 7) is 4.67. The molecule has 0 fully saturated rings. The van der Waals surface area contributed by atoms with Crippen molar-refractivity contribution in [3.63, 3.8) is 0 Å². The van der Waals surface area contributed by atoms with Crippen LogP contribution in [0.3, 0.4) is 0 Å². The van der Waals surface area contributed by atoms with Crippen molar-refractivity contribution >= 4 is 21.9 Å². The molecule has 6 aromatic carbocycles. The molecule has 2 heterocycles. The maximum absolute atomic E-state index is 6.30. The van der Waals surface area contributed by atoms with Crippen molar-refractivity contribution in [2.24, 2.45) is 0 Å². The van der Waals surface area contributed by atoms with Crippen molar-refractivity contribution < 1.29 is 4.42 Å². The summed E-state index contributed by atoms with van der Waals surface area (Å²) in [5.41, 5.74) is 16.0. The third kappa shape index (κ3) is 4.14. The summed E-state index contributed by atoms with van der Waals surface area (Å²) < 4.78 is 6.30. The highest BCUT2D eigenvalue weighted by atomic mass is 16.3. The Morgan fingerprint density at radius 2 is 1.02 bits per heavy atom. The van der Waals surface area contributed by atoms with E-state index in [9.17, 15) is 0 Å². The van der Waals surface area contributed by atoms with Gasteiger partial charge in [0.25, 0.3) is 0 Å². The van der Waals surface area contributed by atoms with Crippen molar-refractivity contribution in [1.82, 2.24) is 4.98 Å². The molecule has 1 aliphatic rings. The molecule has 0 spiro atoms. The van der Waals surface area contributed by atoms with Gasteiger partial charge in [0.1, 0.15) is 11.2 Å². The minimum atomic E-state index is -0.0917. The molecule has 0 bridgehead atoms. The number of fused-ring (bicyclic) bond motifs is 7. The fourth-order valence-corrected chi connectivity index (χ4v) is 7.30. The zero-order chi connectivity index (χ0) is 30.8. The SMILES string of the molecule is CC1(C)c2ccc(-c3ccc(-c4cc(-c5ccccc5)cc(-c5ccccc5)n4)cc3)cc2-c2c1ccc1oc3ccccc3c21. The van der Waals surface area contributed by atoms with Crippen LogP contribution in [0.25, 0.3) is 77.8 Å². The molecule has 0 saturated heterocycles. The number of furan rings is 1. The van der Waals surface area contributed by atoms with Gasteiger partial charge in [0.05, 0.1) is 11.4 Å². The molecule has 2 nitrogen and oxygen atoms in total. The van der Waals surface area contributed by atoms with Crippen LogP contribution in [0.2, 0.25) is 0 Å². The van der Waals surface area contributed by atoms with Gasteiger partial charge < -0.3 is 4.42 Å². The highest BCUT2D eigenvalue weighted by molar-refractivity contribution is 6.15. The average Bonchev–Trinajstić information content (AvgIpc) is 3.60. The summed E-state index contributed by atoms with van der Waals surface area (Å²) in [6, 6.07) is 54.0. The lowest BCUT2D eigenvalue weighted by Crippen LogP contribution is -2.14. The molecule has 9 rings (SSSR count). The summed E-state index contributed by atoms with van der Waals surface area (Å²) in [5, 5.41) is 2.39. The fourth-order valence-electron chi connectivity index (χ4n) is 7.30. The molecule has 218 valence electrons. The maximum atomic E-state index is 6.30. The average molecular weight is 590 g/mol. The number of hydrogen-bond acceptors (Lipinski definition) is 2. The van der Waals surface area contributed by atoms with Gasteiger partial charge in [-0.05, 0) is 74.8 Å². The zero-order valence-corrected chi connectivity index (χ0v) is 25.8. The van der Waals surface area contributed by atoms with Crippen LogP contribution in [-0.2, 0) is 5.41 Å². The predicted octanol–water partition coefficient (Wildman–Crippen LogP) is 12.0. The van der Waals surface area contributed by atoms with Gasteiger partial charge in [0.15, 0.2) is 0 Å². The van der Waals surface area contributed by atoms with Gasteiger partial charge >= 0.3 is 0 Å². The Bertz CT molecular complexity index is 2360. The van der Waals surface area contributed by atoms with Gasteiger partial charge in [-0.25, -0.2) is 4.98 Å². The van der Waals surface area contributed by atoms with E-state index in [0.29, 0.717) is 0 Å². The van der Waals surface area contributed by atoms with Crippen LogP contribution in [0.15, 0.2) is 156 Å². The summed E-state index contributed by atoms with van der Waals surface area (Å²) in [5.74, 6) is 0. The van der Waals surface area contributed by atoms with Crippen LogP contribution in [0, 0.1) is 0 Å². The molecule has 0 atom stereocenters. The lowest BCUT2D eigenvalue weighted by atomic mass is 9.82. The third-order valence-electron chi connectivity index (χ3n) is 9.70. The van der Waals surface area contributed by atoms with E-state index < -0.39 is 0 Å². The molecule has 46 heavy (non-hydrogen) atoms. The van der Waals surface area contributed by atoms with E-state index in [-0.39, 0.29) is 5.41 Å². The number of hydrogen-bond donors (Lipinski definition) is 0. The van der Waals surface area contributed by atoms with Crippen molar-refractivity contribution in [2.75, 3.05) is 0 Å². The lowest BCUT2D eigenvalue weighted by molar-refractivity contribution is 0.656. The number of nitrogens with zero attached hydrogens (tertiary/aromatic N) is 1. The Morgan fingerprint density at radius 3 is 1.76 bits per heavy atom. The monoisotopic (exact) mass is 589 g/mol. The maximum Gasteiger partial charge on any atom is 0.136 e. The molecule has 1 aliphatic carbocycles. The largest absolute Gasteiger partial charge is 0.456 e. The van der Waals surface area contributed by atoms with Crippen molar-refractivity contribution in [1.29, 1.82) is 0 Å². The molecule has 0 radical (unpaired) electrons. The Kier molecular flexibility index (Phi) is 5.88. The summed E-state index contributed by atoms with van der Waals surface area (Å²) >= 11 is 0. The van der Waals surface area contributed by atoms with Crippen molar-refractivity contribution in [3.05, 3.63) is 163 Å². The first kappa shape index (κ1) is 26.7. The minimum absolute atomic E-state index is 0.0917. The zero-order valence-electron chi connectivity index (χ0n) is 25.8. The predicted molar refractivity (Wildman–Crippen MR) is 191 cm³/mol. The van der Waals surface area contributed by atoms with E-state index in [1.165, 1.54) is 49.7 Å². The normalized spacial score (nSPS) is 13.2. The number of benzene rings is 6. The van der Waals surface area contributed by atoms with Crippen LogP contribution < -0.4 is 0 Å². The summed E-state index contributed by atoms with van der Waals surface area (Å²) in [7, 11) is 0. The van der Waals surface area contributed by atoms with Crippen LogP contribution >= 0.6 is 0 Å². The smallest absolute Gasteiger partial charge is 0.136 e. The third-order valence-corrected chi connectivity index (χ3v) is 9.70. The van der Waals surface area contributed by atoms with E-state index in [1.54, 1.807) is 0 Å². The molecule has 2 aromatic heterocycles. The fraction of sp³-hybridized carbons (Fsp3) is 0.0682. The molecule has 0 unspecified atom stereocenters. The highest BCUT2D eigenvalue weighted by Gasteiger charge is 2.37. The molecule has 8 aromatic rings. The Hall–Kier alpha value is -5.73. The first-order chi connectivity index (χ1) is 22.5. The van der Waals surface area contributed by atoms with E-state index in [1.807, 2.05) is 12.1 Å². The minimum Gasteiger partial charge on any atom is -0.456 e. The number of rotatable bonds is 4. The van der Waals surface area contributed by atoms with Gasteiger partial charge in [-0.1, -0.05) is 135 Å². The number of aromatic nitrogens is 1. The van der Waals surface area contributed by atoms with Gasteiger partial charge in [-0.15, -0.1) is 0 Å². The molecule has 0 amide bonds. The van der Waals surface area contributed by atoms with Crippen LogP contribution in [-0.4, -0.2) is 4.98 Å². The van der Waals surface area contributed by atoms with Crippen LogP contribution in [0.1, 0.15) is 25.0 Å². The molecular weight excluding hydrogens is 558 g/mol. The molecule has 0 aliphatic heterocycles. The standard InChI is InChI=1S/C44H31NO/c1-44(2)36-22-21-32(25-35(36)42-37(44)23-24-41-43(42)34-15-9-10-16-40(34)46-41)29-17-19-31(20-18-29)39-27-33(28-11-5-3-6-12-28)26-38(45-39)30-13-7-4-8-14-30/h3-27H,1-2H3. The number of para-hydroxylation sites is 1. The highest BCUT2D eigenvalue weighted by Crippen LogP contribution is 2.53. The van der Waals surface area contributed by atoms with Gasteiger partial charge in [-0.2, -0.15) is 0 Å². The van der Waals surface area contributed by atoms with Crippen LogP contribution in [0.5, 0.6) is 0 Å². The topological polar surface area (TPSA) is 26.0 Å². The van der Waals surface area contributed by atoms with Gasteiger partial charge in [0.2, 0.25) is 0 Å². The molecule has 2 heteroatoms. The van der Waals surface area contributed by atoms with E-state index in [2.05, 4.69) is 153 Å². The second-order valence-corrected chi connectivity index (χ2v) is 12.8. The van der Waals surface area contributed by atoms with Gasteiger partial charge in [0, 0.05) is 27.3 Å². The van der Waals surface area contributed by atoms with E-state index in [0.717, 1.165) is 39.2 Å². The Labute approximate surface area is 268 Å². The summed E-state index contributed by atoms with van der Waals surface area (Å²) in [6.07, 6.45) is 0. The molecule has 0 saturated carbocycles. The molecule has 0 N–H and O–H groups in total. The van der Waals surface area contributed by atoms with Gasteiger partial charge in [-0.3, -0.25) is 0 Å². The lowest BCUT2D eigenvalue weighted by Gasteiger charge is -2.21. The van der Waals surface area contributed by atoms with Crippen molar-refractivity contribution in [3.8, 4) is 55.9 Å². The first-order valence-corrected chi connectivity index (χ1v) is 15.9. The Morgan fingerprint density at radius 1 is 0.457 bits per heavy atom. The molecular formula is C44H31NO. The number of pyridine rings is 1. The second kappa shape index (κ2) is 10.2. The summed E-state index contributed by atoms with van der Waals surface area (Å²) in [4.78, 5) is 5.13. The van der Waals surface area contributed by atoms with Crippen molar-refractivity contribution in [2.45, 2.75) is 19.3 Å². The van der Waals surface area contributed by atoms with E-state index >= 15 is 0 Å². The Balaban J connectivity index is 1.15. The second-order valence-electron chi connectivity index (χ2n) is 12.8.